The lowest BCUT2D eigenvalue weighted by molar-refractivity contribution is 0.482. The summed E-state index contributed by atoms with van der Waals surface area (Å²) in [5.41, 5.74) is 2.22. The van der Waals surface area contributed by atoms with Crippen LogP contribution in [0.2, 0.25) is 0 Å². The van der Waals surface area contributed by atoms with E-state index in [0.717, 1.165) is 42.2 Å². The fraction of sp³-hybridized carbons (Fsp3) is 0.308. The number of H-pyrrole nitrogens is 1. The third-order valence-corrected chi connectivity index (χ3v) is 3.93. The summed E-state index contributed by atoms with van der Waals surface area (Å²) >= 11 is 0. The topological polar surface area (TPSA) is 102 Å². The summed E-state index contributed by atoms with van der Waals surface area (Å²) in [6.07, 6.45) is 3.58. The Morgan fingerprint density at radius 2 is 1.85 bits per heavy atom. The molecule has 1 heterocycles. The van der Waals surface area contributed by atoms with Gasteiger partial charge in [0, 0.05) is 17.5 Å². The van der Waals surface area contributed by atoms with E-state index >= 15 is 0 Å². The lowest BCUT2D eigenvalue weighted by Gasteiger charge is -2.20. The monoisotopic (exact) mass is 294 g/mol. The molecule has 20 heavy (non-hydrogen) atoms. The van der Waals surface area contributed by atoms with Crippen LogP contribution in [-0.4, -0.2) is 13.4 Å². The van der Waals surface area contributed by atoms with Gasteiger partial charge in [0.25, 0.3) is 0 Å². The van der Waals surface area contributed by atoms with Crippen LogP contribution in [0.1, 0.15) is 24.0 Å². The maximum absolute atomic E-state index is 11.4. The number of benzene rings is 1. The van der Waals surface area contributed by atoms with E-state index in [1.165, 1.54) is 12.1 Å². The minimum Gasteiger partial charge on any atom is -0.371 e. The third-order valence-electron chi connectivity index (χ3n) is 3.52. The Bertz CT molecular complexity index is 839. The molecular weight excluding hydrogens is 280 g/mol. The molecule has 6 nitrogen and oxygen atoms in total. The van der Waals surface area contributed by atoms with Crippen molar-refractivity contribution >= 4 is 21.2 Å². The van der Waals surface area contributed by atoms with E-state index in [2.05, 4.69) is 4.98 Å². The van der Waals surface area contributed by atoms with Crippen molar-refractivity contribution in [1.29, 1.82) is 0 Å². The van der Waals surface area contributed by atoms with Gasteiger partial charge in [-0.05, 0) is 42.9 Å². The zero-order valence-corrected chi connectivity index (χ0v) is 11.5. The van der Waals surface area contributed by atoms with Gasteiger partial charge in [0.2, 0.25) is 5.56 Å². The smallest absolute Gasteiger partial charge is 0.371 e. The number of pyridine rings is 1. The Labute approximate surface area is 115 Å². The number of nitrogens with one attached hydrogen (secondary N) is 1. The molecule has 0 spiro atoms. The first-order chi connectivity index (χ1) is 9.44. The molecule has 3 N–H and O–H groups in total. The molecule has 1 aromatic heterocycles. The summed E-state index contributed by atoms with van der Waals surface area (Å²) in [6.45, 7) is 0. The highest BCUT2D eigenvalue weighted by Crippen LogP contribution is 2.35. The van der Waals surface area contributed by atoms with Crippen molar-refractivity contribution in [2.24, 2.45) is 5.14 Å². The van der Waals surface area contributed by atoms with Crippen LogP contribution in [-0.2, 0) is 23.1 Å². The molecule has 1 aromatic carbocycles. The molecule has 0 bridgehead atoms. The van der Waals surface area contributed by atoms with Gasteiger partial charge in [0.15, 0.2) is 0 Å². The first kappa shape index (κ1) is 13.1. The molecular formula is C13H14N2O4S. The molecule has 106 valence electrons. The number of hydrogen-bond acceptors (Lipinski definition) is 4. The summed E-state index contributed by atoms with van der Waals surface area (Å²) in [4.78, 5) is 14.1. The Morgan fingerprint density at radius 1 is 1.15 bits per heavy atom. The van der Waals surface area contributed by atoms with Gasteiger partial charge in [0.1, 0.15) is 5.75 Å². The highest BCUT2D eigenvalue weighted by Gasteiger charge is 2.20. The van der Waals surface area contributed by atoms with Gasteiger partial charge in [-0.1, -0.05) is 0 Å². The molecule has 1 aliphatic carbocycles. The molecule has 3 rings (SSSR count). The minimum absolute atomic E-state index is 0.219. The Balaban J connectivity index is 2.31. The lowest BCUT2D eigenvalue weighted by atomic mass is 9.88. The normalized spacial score (nSPS) is 15.1. The van der Waals surface area contributed by atoms with E-state index in [1.54, 1.807) is 6.07 Å². The van der Waals surface area contributed by atoms with Crippen molar-refractivity contribution in [3.63, 3.8) is 0 Å². The van der Waals surface area contributed by atoms with Crippen molar-refractivity contribution in [1.82, 2.24) is 4.98 Å². The minimum atomic E-state index is -4.08. The lowest BCUT2D eigenvalue weighted by Crippen LogP contribution is -2.21. The van der Waals surface area contributed by atoms with Crippen LogP contribution in [0.3, 0.4) is 0 Å². The molecule has 0 aliphatic heterocycles. The number of nitrogens with two attached hydrogens (primary N) is 1. The maximum atomic E-state index is 11.4. The molecule has 2 aromatic rings. The number of fused-ring (bicyclic) bond motifs is 3. The van der Waals surface area contributed by atoms with Crippen LogP contribution >= 0.6 is 0 Å². The van der Waals surface area contributed by atoms with Gasteiger partial charge in [-0.15, -0.1) is 0 Å². The summed E-state index contributed by atoms with van der Waals surface area (Å²) in [6, 6.07) is 4.77. The second-order valence-electron chi connectivity index (χ2n) is 4.90. The number of aromatic nitrogens is 1. The Kier molecular flexibility index (Phi) is 3.02. The first-order valence-electron chi connectivity index (χ1n) is 6.34. The van der Waals surface area contributed by atoms with E-state index in [4.69, 9.17) is 9.32 Å². The van der Waals surface area contributed by atoms with Gasteiger partial charge in [-0.2, -0.15) is 13.6 Å². The molecule has 0 unspecified atom stereocenters. The van der Waals surface area contributed by atoms with E-state index in [-0.39, 0.29) is 11.3 Å². The van der Waals surface area contributed by atoms with Crippen molar-refractivity contribution in [3.05, 3.63) is 39.7 Å². The second-order valence-corrected chi connectivity index (χ2v) is 6.05. The molecule has 0 radical (unpaired) electrons. The molecule has 0 atom stereocenters. The number of aromatic amines is 1. The summed E-state index contributed by atoms with van der Waals surface area (Å²) in [5.74, 6) is 0.219. The van der Waals surface area contributed by atoms with Gasteiger partial charge in [-0.3, -0.25) is 4.79 Å². The molecule has 0 saturated heterocycles. The largest absolute Gasteiger partial charge is 0.380 e. The molecule has 0 amide bonds. The predicted molar refractivity (Wildman–Crippen MR) is 74.9 cm³/mol. The van der Waals surface area contributed by atoms with Crippen molar-refractivity contribution in [2.45, 2.75) is 25.7 Å². The SMILES string of the molecule is NS(=O)(=O)Oc1cc2[nH]c(=O)ccc2c2c1CCCC2. The molecule has 0 saturated carbocycles. The van der Waals surface area contributed by atoms with Crippen LogP contribution in [0.15, 0.2) is 23.0 Å². The van der Waals surface area contributed by atoms with Gasteiger partial charge in [0.05, 0.1) is 5.52 Å². The van der Waals surface area contributed by atoms with Crippen molar-refractivity contribution in [3.8, 4) is 5.75 Å². The summed E-state index contributed by atoms with van der Waals surface area (Å²) in [5, 5.41) is 5.88. The van der Waals surface area contributed by atoms with Gasteiger partial charge < -0.3 is 9.17 Å². The second kappa shape index (κ2) is 4.60. The van der Waals surface area contributed by atoms with E-state index < -0.39 is 10.3 Å². The first-order valence-corrected chi connectivity index (χ1v) is 7.81. The Hall–Kier alpha value is -1.86. The molecule has 1 aliphatic rings. The third kappa shape index (κ3) is 2.41. The number of hydrogen-bond donors (Lipinski definition) is 2. The standard InChI is InChI=1S/C13H14N2O4S/c14-20(17,18)19-12-7-11-9(5-6-13(16)15-11)8-3-1-2-4-10(8)12/h5-7H,1-4H2,(H,15,16)(H2,14,17,18). The van der Waals surface area contributed by atoms with Crippen LogP contribution in [0.4, 0.5) is 0 Å². The summed E-state index contributed by atoms with van der Waals surface area (Å²) < 4.78 is 27.2. The average Bonchev–Trinajstić information content (AvgIpc) is 2.36. The fourth-order valence-corrected chi connectivity index (χ4v) is 3.16. The zero-order chi connectivity index (χ0) is 14.3. The van der Waals surface area contributed by atoms with Crippen LogP contribution in [0, 0.1) is 0 Å². The average molecular weight is 294 g/mol. The van der Waals surface area contributed by atoms with Crippen LogP contribution in [0.25, 0.3) is 10.9 Å². The summed E-state index contributed by atoms with van der Waals surface area (Å²) in [7, 11) is -4.08. The Morgan fingerprint density at radius 3 is 2.55 bits per heavy atom. The molecule has 7 heteroatoms. The number of rotatable bonds is 2. The fourth-order valence-electron chi connectivity index (χ4n) is 2.76. The highest BCUT2D eigenvalue weighted by molar-refractivity contribution is 7.84. The highest BCUT2D eigenvalue weighted by atomic mass is 32.2. The van der Waals surface area contributed by atoms with E-state index in [9.17, 15) is 13.2 Å². The quantitative estimate of drug-likeness (QED) is 0.862. The van der Waals surface area contributed by atoms with Gasteiger partial charge in [-0.25, -0.2) is 0 Å². The van der Waals surface area contributed by atoms with Crippen molar-refractivity contribution < 1.29 is 12.6 Å². The maximum Gasteiger partial charge on any atom is 0.380 e. The van der Waals surface area contributed by atoms with Gasteiger partial charge >= 0.3 is 10.3 Å². The van der Waals surface area contributed by atoms with Crippen LogP contribution in [0.5, 0.6) is 5.75 Å². The van der Waals surface area contributed by atoms with Crippen molar-refractivity contribution in [2.75, 3.05) is 0 Å². The number of aryl methyl sites for hydroxylation is 1. The zero-order valence-electron chi connectivity index (χ0n) is 10.7. The predicted octanol–water partition coefficient (Wildman–Crippen LogP) is 0.989. The molecule has 0 fully saturated rings. The van der Waals surface area contributed by atoms with Crippen LogP contribution < -0.4 is 14.9 Å². The van der Waals surface area contributed by atoms with E-state index in [1.807, 2.05) is 0 Å². The van der Waals surface area contributed by atoms with E-state index in [0.29, 0.717) is 5.52 Å².